The average Bonchev–Trinajstić information content (AvgIpc) is 2.78. The van der Waals surface area contributed by atoms with Crippen molar-refractivity contribution in [3.63, 3.8) is 0 Å². The minimum Gasteiger partial charge on any atom is -0.268 e. The number of amides is 1. The van der Waals surface area contributed by atoms with Crippen LogP contribution in [0.15, 0.2) is 6.20 Å². The standard InChI is InChI=1S/C13H18F3N3O3S/c1-9-11(7-19(17-9)8-13(14,15)16)12(20)18-23(21,22)10-5-3-2-4-6-10/h7,10H,2-6,8H2,1H3,(H,18,20). The fourth-order valence-corrected chi connectivity index (χ4v) is 4.14. The maximum absolute atomic E-state index is 12.3. The van der Waals surface area contributed by atoms with Crippen molar-refractivity contribution in [2.24, 2.45) is 0 Å². The Hall–Kier alpha value is -1.58. The number of carbonyl (C=O) groups excluding carboxylic acids is 1. The number of halogens is 3. The summed E-state index contributed by atoms with van der Waals surface area (Å²) < 4.78 is 63.9. The fourth-order valence-electron chi connectivity index (χ4n) is 2.65. The van der Waals surface area contributed by atoms with E-state index >= 15 is 0 Å². The molecule has 0 saturated heterocycles. The SMILES string of the molecule is Cc1nn(CC(F)(F)F)cc1C(=O)NS(=O)(=O)C1CCCCC1. The Bertz CT molecular complexity index is 676. The van der Waals surface area contributed by atoms with Crippen LogP contribution in [0.25, 0.3) is 0 Å². The molecule has 10 heteroatoms. The lowest BCUT2D eigenvalue weighted by Gasteiger charge is -2.21. The van der Waals surface area contributed by atoms with Crippen molar-refractivity contribution in [2.45, 2.75) is 57.0 Å². The van der Waals surface area contributed by atoms with Crippen LogP contribution in [0, 0.1) is 6.92 Å². The normalized spacial score (nSPS) is 17.2. The quantitative estimate of drug-likeness (QED) is 0.899. The van der Waals surface area contributed by atoms with Gasteiger partial charge in [-0.15, -0.1) is 0 Å². The zero-order valence-corrected chi connectivity index (χ0v) is 13.4. The molecule has 0 spiro atoms. The first-order valence-electron chi connectivity index (χ1n) is 7.25. The van der Waals surface area contributed by atoms with Gasteiger partial charge in [0, 0.05) is 6.20 Å². The van der Waals surface area contributed by atoms with Crippen LogP contribution in [-0.4, -0.2) is 35.5 Å². The molecular formula is C13H18F3N3O3S. The lowest BCUT2D eigenvalue weighted by atomic mass is 10.0. The lowest BCUT2D eigenvalue weighted by molar-refractivity contribution is -0.142. The molecule has 1 aromatic heterocycles. The number of sulfonamides is 1. The lowest BCUT2D eigenvalue weighted by Crippen LogP contribution is -2.39. The van der Waals surface area contributed by atoms with Gasteiger partial charge in [-0.3, -0.25) is 9.48 Å². The summed E-state index contributed by atoms with van der Waals surface area (Å²) in [5, 5.41) is 2.97. The van der Waals surface area contributed by atoms with E-state index in [1.807, 2.05) is 4.72 Å². The second kappa shape index (κ2) is 6.50. The van der Waals surface area contributed by atoms with Crippen molar-refractivity contribution in [1.82, 2.24) is 14.5 Å². The molecular weight excluding hydrogens is 335 g/mol. The van der Waals surface area contributed by atoms with Crippen molar-refractivity contribution < 1.29 is 26.4 Å². The third-order valence-electron chi connectivity index (χ3n) is 3.76. The largest absolute Gasteiger partial charge is 0.408 e. The Morgan fingerprint density at radius 3 is 2.52 bits per heavy atom. The average molecular weight is 353 g/mol. The Morgan fingerprint density at radius 1 is 1.35 bits per heavy atom. The Labute approximate surface area is 132 Å². The zero-order valence-electron chi connectivity index (χ0n) is 12.6. The highest BCUT2D eigenvalue weighted by Crippen LogP contribution is 2.23. The van der Waals surface area contributed by atoms with Gasteiger partial charge in [0.2, 0.25) is 10.0 Å². The molecule has 1 N–H and O–H groups in total. The highest BCUT2D eigenvalue weighted by atomic mass is 32.2. The Morgan fingerprint density at radius 2 is 1.96 bits per heavy atom. The molecule has 130 valence electrons. The van der Waals surface area contributed by atoms with E-state index in [0.29, 0.717) is 17.5 Å². The molecule has 0 aromatic carbocycles. The van der Waals surface area contributed by atoms with Gasteiger partial charge in [0.15, 0.2) is 0 Å². The highest BCUT2D eigenvalue weighted by Gasteiger charge is 2.32. The molecule has 1 fully saturated rings. The van der Waals surface area contributed by atoms with Gasteiger partial charge in [-0.1, -0.05) is 19.3 Å². The number of hydrogen-bond acceptors (Lipinski definition) is 4. The third kappa shape index (κ3) is 4.69. The predicted molar refractivity (Wildman–Crippen MR) is 76.3 cm³/mol. The number of carbonyl (C=O) groups is 1. The summed E-state index contributed by atoms with van der Waals surface area (Å²) in [4.78, 5) is 12.1. The molecule has 2 rings (SSSR count). The van der Waals surface area contributed by atoms with Crippen molar-refractivity contribution in [2.75, 3.05) is 0 Å². The van der Waals surface area contributed by atoms with Gasteiger partial charge in [-0.05, 0) is 19.8 Å². The first-order valence-corrected chi connectivity index (χ1v) is 8.80. The number of hydrogen-bond donors (Lipinski definition) is 1. The molecule has 1 aliphatic rings. The van der Waals surface area contributed by atoms with Gasteiger partial charge in [0.05, 0.1) is 16.5 Å². The van der Waals surface area contributed by atoms with Crippen LogP contribution < -0.4 is 4.72 Å². The second-order valence-electron chi connectivity index (χ2n) is 5.68. The van der Waals surface area contributed by atoms with Crippen LogP contribution in [0.1, 0.15) is 48.2 Å². The summed E-state index contributed by atoms with van der Waals surface area (Å²) in [5.41, 5.74) is -0.126. The number of nitrogens with one attached hydrogen (secondary N) is 1. The van der Waals surface area contributed by atoms with E-state index in [4.69, 9.17) is 0 Å². The van der Waals surface area contributed by atoms with Crippen LogP contribution in [0.5, 0.6) is 0 Å². The van der Waals surface area contributed by atoms with Gasteiger partial charge in [0.1, 0.15) is 6.54 Å². The molecule has 0 atom stereocenters. The molecule has 0 unspecified atom stereocenters. The summed E-state index contributed by atoms with van der Waals surface area (Å²) >= 11 is 0. The Balaban J connectivity index is 2.11. The first kappa shape index (κ1) is 17.8. The van der Waals surface area contributed by atoms with Gasteiger partial charge in [-0.25, -0.2) is 13.1 Å². The van der Waals surface area contributed by atoms with Crippen molar-refractivity contribution in [1.29, 1.82) is 0 Å². The smallest absolute Gasteiger partial charge is 0.268 e. The second-order valence-corrected chi connectivity index (χ2v) is 7.64. The molecule has 1 amide bonds. The van der Waals surface area contributed by atoms with Crippen molar-refractivity contribution >= 4 is 15.9 Å². The molecule has 0 aliphatic heterocycles. The summed E-state index contributed by atoms with van der Waals surface area (Å²) in [7, 11) is -3.83. The van der Waals surface area contributed by atoms with Crippen LogP contribution in [0.4, 0.5) is 13.2 Å². The molecule has 1 saturated carbocycles. The van der Waals surface area contributed by atoms with Gasteiger partial charge in [0.25, 0.3) is 5.91 Å². The first-order chi connectivity index (χ1) is 10.6. The third-order valence-corrected chi connectivity index (χ3v) is 5.58. The number of nitrogens with zero attached hydrogens (tertiary/aromatic N) is 2. The Kier molecular flexibility index (Phi) is 5.02. The minimum absolute atomic E-state index is 0.0468. The van der Waals surface area contributed by atoms with Gasteiger partial charge < -0.3 is 0 Å². The van der Waals surface area contributed by atoms with E-state index in [9.17, 15) is 26.4 Å². The van der Waals surface area contributed by atoms with Crippen molar-refractivity contribution in [3.8, 4) is 0 Å². The fraction of sp³-hybridized carbons (Fsp3) is 0.692. The van der Waals surface area contributed by atoms with Crippen LogP contribution in [0.2, 0.25) is 0 Å². The van der Waals surface area contributed by atoms with Crippen LogP contribution >= 0.6 is 0 Å². The van der Waals surface area contributed by atoms with E-state index < -0.39 is 33.9 Å². The van der Waals surface area contributed by atoms with Gasteiger partial charge in [-0.2, -0.15) is 18.3 Å². The molecule has 1 aromatic rings. The van der Waals surface area contributed by atoms with E-state index in [1.165, 1.54) is 6.92 Å². The number of aromatic nitrogens is 2. The number of alkyl halides is 3. The molecule has 1 heterocycles. The highest BCUT2D eigenvalue weighted by molar-refractivity contribution is 7.90. The van der Waals surface area contributed by atoms with E-state index in [0.717, 1.165) is 25.5 Å². The number of aryl methyl sites for hydroxylation is 1. The van der Waals surface area contributed by atoms with Crippen LogP contribution in [0.3, 0.4) is 0 Å². The van der Waals surface area contributed by atoms with E-state index in [-0.39, 0.29) is 11.3 Å². The maximum atomic E-state index is 12.3. The molecule has 0 bridgehead atoms. The van der Waals surface area contributed by atoms with Crippen LogP contribution in [-0.2, 0) is 16.6 Å². The summed E-state index contributed by atoms with van der Waals surface area (Å²) in [5.74, 6) is -0.943. The molecule has 0 radical (unpaired) electrons. The van der Waals surface area contributed by atoms with Gasteiger partial charge >= 0.3 is 6.18 Å². The predicted octanol–water partition coefficient (Wildman–Crippen LogP) is 2.15. The van der Waals surface area contributed by atoms with E-state index in [1.54, 1.807) is 0 Å². The topological polar surface area (TPSA) is 81.1 Å². The van der Waals surface area contributed by atoms with E-state index in [2.05, 4.69) is 5.10 Å². The molecule has 23 heavy (non-hydrogen) atoms. The maximum Gasteiger partial charge on any atom is 0.408 e. The summed E-state index contributed by atoms with van der Waals surface area (Å²) in [6.45, 7) is 0.0194. The molecule has 6 nitrogen and oxygen atoms in total. The molecule has 1 aliphatic carbocycles. The minimum atomic E-state index is -4.47. The summed E-state index contributed by atoms with van der Waals surface area (Å²) in [6, 6.07) is 0. The summed E-state index contributed by atoms with van der Waals surface area (Å²) in [6.07, 6.45) is -0.0767. The number of rotatable bonds is 4. The van der Waals surface area contributed by atoms with Crippen molar-refractivity contribution in [3.05, 3.63) is 17.5 Å². The monoisotopic (exact) mass is 353 g/mol. The zero-order chi connectivity index (χ0) is 17.3.